The van der Waals surface area contributed by atoms with E-state index < -0.39 is 0 Å². The number of amides is 2. The number of carbonyl (C=O) groups is 1. The fraction of sp³-hybridized carbons (Fsp3) is 0.562. The molecule has 2 rings (SSSR count). The second-order valence-corrected chi connectivity index (χ2v) is 5.29. The molecule has 5 heteroatoms. The fourth-order valence-electron chi connectivity index (χ4n) is 2.42. The van der Waals surface area contributed by atoms with Crippen molar-refractivity contribution in [3.63, 3.8) is 0 Å². The molecule has 1 atom stereocenters. The average molecular weight is 291 g/mol. The van der Waals surface area contributed by atoms with Gasteiger partial charge in [0.15, 0.2) is 0 Å². The molecule has 2 N–H and O–H groups in total. The highest BCUT2D eigenvalue weighted by atomic mass is 16.5. The Balaban J connectivity index is 2.03. The molecule has 2 amide bonds. The maximum atomic E-state index is 12.3. The summed E-state index contributed by atoms with van der Waals surface area (Å²) in [7, 11) is 0. The van der Waals surface area contributed by atoms with Gasteiger partial charge in [0, 0.05) is 24.8 Å². The number of para-hydroxylation sites is 1. The molecule has 0 bridgehead atoms. The smallest absolute Gasteiger partial charge is 0.322 e. The van der Waals surface area contributed by atoms with Crippen LogP contribution in [0.5, 0.6) is 0 Å². The van der Waals surface area contributed by atoms with Gasteiger partial charge in [-0.25, -0.2) is 4.79 Å². The van der Waals surface area contributed by atoms with Crippen LogP contribution in [0.25, 0.3) is 0 Å². The van der Waals surface area contributed by atoms with Gasteiger partial charge in [-0.05, 0) is 31.5 Å². The van der Waals surface area contributed by atoms with Crippen LogP contribution in [0, 0.1) is 0 Å². The van der Waals surface area contributed by atoms with Gasteiger partial charge in [0.25, 0.3) is 0 Å². The van der Waals surface area contributed by atoms with E-state index in [1.807, 2.05) is 18.2 Å². The van der Waals surface area contributed by atoms with Crippen molar-refractivity contribution in [2.24, 2.45) is 0 Å². The van der Waals surface area contributed by atoms with E-state index in [-0.39, 0.29) is 12.1 Å². The molecule has 1 aromatic rings. The lowest BCUT2D eigenvalue weighted by Gasteiger charge is -2.28. The zero-order chi connectivity index (χ0) is 15.1. The van der Waals surface area contributed by atoms with Gasteiger partial charge in [-0.1, -0.05) is 25.1 Å². The minimum absolute atomic E-state index is 0.0477. The van der Waals surface area contributed by atoms with Crippen LogP contribution >= 0.6 is 0 Å². The van der Waals surface area contributed by atoms with Crippen molar-refractivity contribution in [1.29, 1.82) is 0 Å². The van der Waals surface area contributed by atoms with E-state index in [9.17, 15) is 4.79 Å². The molecule has 0 spiro atoms. The van der Waals surface area contributed by atoms with Crippen molar-refractivity contribution < 1.29 is 9.53 Å². The molecule has 116 valence electrons. The molecule has 0 radical (unpaired) electrons. The number of hydrogen-bond donors (Lipinski definition) is 2. The summed E-state index contributed by atoms with van der Waals surface area (Å²) in [6, 6.07) is 8.13. The van der Waals surface area contributed by atoms with Gasteiger partial charge in [-0.15, -0.1) is 0 Å². The number of anilines is 1. The Morgan fingerprint density at radius 1 is 1.33 bits per heavy atom. The van der Waals surface area contributed by atoms with Gasteiger partial charge in [0.2, 0.25) is 0 Å². The van der Waals surface area contributed by atoms with E-state index in [1.165, 1.54) is 0 Å². The summed E-state index contributed by atoms with van der Waals surface area (Å²) in [5, 5.41) is 6.49. The molecule has 1 heterocycles. The first-order chi connectivity index (χ1) is 10.2. The summed E-state index contributed by atoms with van der Waals surface area (Å²) >= 11 is 0. The average Bonchev–Trinajstić information content (AvgIpc) is 2.54. The normalized spacial score (nSPS) is 16.6. The fourth-order valence-corrected chi connectivity index (χ4v) is 2.42. The summed E-state index contributed by atoms with van der Waals surface area (Å²) < 4.78 is 5.27. The third-order valence-electron chi connectivity index (χ3n) is 3.67. The van der Waals surface area contributed by atoms with Crippen molar-refractivity contribution in [1.82, 2.24) is 10.2 Å². The first-order valence-electron chi connectivity index (χ1n) is 7.68. The van der Waals surface area contributed by atoms with Gasteiger partial charge >= 0.3 is 6.03 Å². The summed E-state index contributed by atoms with van der Waals surface area (Å²) in [6.45, 7) is 7.76. The predicted octanol–water partition coefficient (Wildman–Crippen LogP) is 2.61. The number of morpholine rings is 1. The summed E-state index contributed by atoms with van der Waals surface area (Å²) in [4.78, 5) is 14.1. The van der Waals surface area contributed by atoms with E-state index in [4.69, 9.17) is 4.74 Å². The van der Waals surface area contributed by atoms with Crippen molar-refractivity contribution in [3.05, 3.63) is 29.8 Å². The maximum absolute atomic E-state index is 12.3. The number of rotatable bonds is 5. The number of benzene rings is 1. The lowest BCUT2D eigenvalue weighted by molar-refractivity contribution is 0.0564. The molecular weight excluding hydrogens is 266 g/mol. The Labute approximate surface area is 126 Å². The molecule has 1 aliphatic heterocycles. The largest absolute Gasteiger partial charge is 0.378 e. The van der Waals surface area contributed by atoms with Gasteiger partial charge in [-0.2, -0.15) is 0 Å². The predicted molar refractivity (Wildman–Crippen MR) is 84.6 cm³/mol. The molecule has 0 aromatic heterocycles. The number of carbonyl (C=O) groups excluding carboxylic acids is 1. The first-order valence-corrected chi connectivity index (χ1v) is 7.68. The summed E-state index contributed by atoms with van der Waals surface area (Å²) in [5.41, 5.74) is 2.00. The van der Waals surface area contributed by atoms with E-state index >= 15 is 0 Å². The quantitative estimate of drug-likeness (QED) is 0.877. The molecule has 1 unspecified atom stereocenters. The highest BCUT2D eigenvalue weighted by Gasteiger charge is 2.18. The summed E-state index contributed by atoms with van der Waals surface area (Å²) in [6.07, 6.45) is 1.09. The van der Waals surface area contributed by atoms with Crippen LogP contribution in [0.4, 0.5) is 10.5 Å². The van der Waals surface area contributed by atoms with E-state index in [2.05, 4.69) is 30.5 Å². The highest BCUT2D eigenvalue weighted by molar-refractivity contribution is 5.90. The van der Waals surface area contributed by atoms with Gasteiger partial charge in [0.05, 0.1) is 13.2 Å². The third-order valence-corrected chi connectivity index (χ3v) is 3.67. The highest BCUT2D eigenvalue weighted by Crippen LogP contribution is 2.23. The Hall–Kier alpha value is -1.59. The second-order valence-electron chi connectivity index (χ2n) is 5.29. The minimum atomic E-state index is -0.0477. The molecule has 1 saturated heterocycles. The number of urea groups is 1. The lowest BCUT2D eigenvalue weighted by Crippen LogP contribution is -2.43. The zero-order valence-electron chi connectivity index (χ0n) is 12.9. The van der Waals surface area contributed by atoms with Crippen molar-refractivity contribution in [2.45, 2.75) is 26.3 Å². The van der Waals surface area contributed by atoms with Crippen LogP contribution in [0.2, 0.25) is 0 Å². The molecule has 5 nitrogen and oxygen atoms in total. The molecule has 0 aliphatic carbocycles. The minimum Gasteiger partial charge on any atom is -0.378 e. The van der Waals surface area contributed by atoms with Crippen LogP contribution in [-0.4, -0.2) is 43.8 Å². The lowest BCUT2D eigenvalue weighted by atomic mass is 10.1. The number of nitrogens with zero attached hydrogens (tertiary/aromatic N) is 1. The number of nitrogens with one attached hydrogen (secondary N) is 2. The van der Waals surface area contributed by atoms with Gasteiger partial charge < -0.3 is 20.3 Å². The maximum Gasteiger partial charge on any atom is 0.322 e. The Morgan fingerprint density at radius 2 is 2.05 bits per heavy atom. The third kappa shape index (κ3) is 4.44. The molecule has 1 fully saturated rings. The van der Waals surface area contributed by atoms with E-state index in [0.717, 1.165) is 24.2 Å². The van der Waals surface area contributed by atoms with E-state index in [0.29, 0.717) is 26.3 Å². The van der Waals surface area contributed by atoms with Gasteiger partial charge in [0.1, 0.15) is 0 Å². The zero-order valence-corrected chi connectivity index (χ0v) is 12.9. The van der Waals surface area contributed by atoms with Crippen LogP contribution < -0.4 is 10.6 Å². The van der Waals surface area contributed by atoms with Crippen LogP contribution in [0.1, 0.15) is 31.9 Å². The van der Waals surface area contributed by atoms with Crippen molar-refractivity contribution >= 4 is 11.7 Å². The molecule has 1 aromatic carbocycles. The molecular formula is C16H25N3O2. The Kier molecular flexibility index (Phi) is 6.02. The SMILES string of the molecule is CCCNC(C)c1ccccc1NC(=O)N1CCOCC1. The number of ether oxygens (including phenoxy) is 1. The number of hydrogen-bond acceptors (Lipinski definition) is 3. The summed E-state index contributed by atoms with van der Waals surface area (Å²) in [5.74, 6) is 0. The Morgan fingerprint density at radius 3 is 2.76 bits per heavy atom. The van der Waals surface area contributed by atoms with Crippen LogP contribution in [0.3, 0.4) is 0 Å². The monoisotopic (exact) mass is 291 g/mol. The first kappa shape index (κ1) is 15.8. The molecule has 21 heavy (non-hydrogen) atoms. The second kappa shape index (κ2) is 8.00. The molecule has 1 aliphatic rings. The van der Waals surface area contributed by atoms with Crippen LogP contribution in [-0.2, 0) is 4.74 Å². The standard InChI is InChI=1S/C16H25N3O2/c1-3-8-17-13(2)14-6-4-5-7-15(14)18-16(20)19-9-11-21-12-10-19/h4-7,13,17H,3,8-12H2,1-2H3,(H,18,20). The Bertz CT molecular complexity index is 459. The van der Waals surface area contributed by atoms with E-state index in [1.54, 1.807) is 4.90 Å². The van der Waals surface area contributed by atoms with Crippen molar-refractivity contribution in [2.75, 3.05) is 38.2 Å². The van der Waals surface area contributed by atoms with Gasteiger partial charge in [-0.3, -0.25) is 0 Å². The molecule has 0 saturated carbocycles. The van der Waals surface area contributed by atoms with Crippen LogP contribution in [0.15, 0.2) is 24.3 Å². The van der Waals surface area contributed by atoms with Crippen molar-refractivity contribution in [3.8, 4) is 0 Å². The topological polar surface area (TPSA) is 53.6 Å².